The van der Waals surface area contributed by atoms with E-state index in [9.17, 15) is 48.1 Å². The predicted octanol–water partition coefficient (Wildman–Crippen LogP) is 2.97. The average Bonchev–Trinajstić information content (AvgIpc) is 3.90. The van der Waals surface area contributed by atoms with Crippen molar-refractivity contribution in [3.05, 3.63) is 100 Å². The van der Waals surface area contributed by atoms with Crippen LogP contribution in [-0.4, -0.2) is 155 Å². The monoisotopic (exact) mass is 1220 g/mol. The number of amides is 6. The van der Waals surface area contributed by atoms with E-state index in [0.29, 0.717) is 29.1 Å². The van der Waals surface area contributed by atoms with E-state index in [4.69, 9.17) is 49.2 Å². The summed E-state index contributed by atoms with van der Waals surface area (Å²) < 4.78 is 56.1. The Balaban J connectivity index is 0.875. The number of thiol groups is 1. The number of anilines is 2. The lowest BCUT2D eigenvalue weighted by Gasteiger charge is -2.27. The smallest absolute Gasteiger partial charge is 0.410 e. The molecule has 11 atom stereocenters. The van der Waals surface area contributed by atoms with E-state index in [2.05, 4.69) is 58.4 Å². The number of imidazole rings is 1. The van der Waals surface area contributed by atoms with Gasteiger partial charge in [-0.25, -0.2) is 29.1 Å². The first-order chi connectivity index (χ1) is 38.9. The van der Waals surface area contributed by atoms with Crippen molar-refractivity contribution >= 4 is 96.2 Å². The molecule has 3 aliphatic rings. The number of rotatable bonds is 17. The highest BCUT2D eigenvalue weighted by molar-refractivity contribution is 8.44. The largest absolute Gasteiger partial charge is 0.474 e. The molecule has 1 saturated carbocycles. The summed E-state index contributed by atoms with van der Waals surface area (Å²) in [5.74, 6) is -3.70. The number of fused-ring (bicyclic) bond motifs is 4. The maximum atomic E-state index is 13.9. The summed E-state index contributed by atoms with van der Waals surface area (Å²) in [5, 5.41) is 32.5. The van der Waals surface area contributed by atoms with Gasteiger partial charge in [0.15, 0.2) is 17.4 Å². The Morgan fingerprint density at radius 1 is 0.963 bits per heavy atom. The van der Waals surface area contributed by atoms with E-state index >= 15 is 0 Å². The van der Waals surface area contributed by atoms with Crippen molar-refractivity contribution in [1.29, 1.82) is 0 Å². The zero-order valence-electron chi connectivity index (χ0n) is 44.0. The molecule has 5 aromatic rings. The lowest BCUT2D eigenvalue weighted by molar-refractivity contribution is -0.131. The van der Waals surface area contributed by atoms with Gasteiger partial charge >= 0.3 is 25.7 Å². The van der Waals surface area contributed by atoms with Gasteiger partial charge in [-0.1, -0.05) is 56.4 Å². The van der Waals surface area contributed by atoms with Gasteiger partial charge in [0.05, 0.1) is 25.6 Å². The second kappa shape index (κ2) is 26.5. The van der Waals surface area contributed by atoms with Gasteiger partial charge in [-0.3, -0.25) is 43.4 Å². The van der Waals surface area contributed by atoms with Gasteiger partial charge in [-0.2, -0.15) is 4.98 Å². The van der Waals surface area contributed by atoms with E-state index in [-0.39, 0.29) is 48.9 Å². The quantitative estimate of drug-likeness (QED) is 0.0472. The topological polar surface area (TPSA) is 398 Å². The zero-order valence-corrected chi connectivity index (χ0v) is 47.5. The molecule has 6 amide bonds. The summed E-state index contributed by atoms with van der Waals surface area (Å²) in [6.07, 6.45) is -4.88. The molecule has 440 valence electrons. The van der Waals surface area contributed by atoms with Crippen molar-refractivity contribution < 1.29 is 80.7 Å². The van der Waals surface area contributed by atoms with Gasteiger partial charge < -0.3 is 69.1 Å². The molecule has 30 nitrogen and oxygen atoms in total. The minimum Gasteiger partial charge on any atom is -0.474 e. The number of hydrogen-bond donors (Lipinski definition) is 10. The number of carboxylic acid groups (broad SMARTS) is 1. The molecule has 0 spiro atoms. The molecule has 1 aliphatic carbocycles. The Labute approximate surface area is 476 Å². The van der Waals surface area contributed by atoms with Crippen LogP contribution in [0.15, 0.2) is 78.2 Å². The van der Waals surface area contributed by atoms with Gasteiger partial charge in [0.25, 0.3) is 11.5 Å². The van der Waals surface area contributed by atoms with Crippen molar-refractivity contribution in [2.45, 2.75) is 95.6 Å². The molecule has 2 bridgehead atoms. The Hall–Kier alpha value is -6.96. The fourth-order valence-electron chi connectivity index (χ4n) is 8.91. The number of H-pyrrole nitrogens is 1. The first kappa shape index (κ1) is 61.1. The highest BCUT2D eigenvalue weighted by Crippen LogP contribution is 2.58. The first-order valence-corrected chi connectivity index (χ1v) is 30.5. The molecule has 9 N–H and O–H groups in total. The number of nitrogens with zero attached hydrogens (tertiary/aromatic N) is 6. The summed E-state index contributed by atoms with van der Waals surface area (Å²) in [7, 11) is 1.45. The molecule has 3 aromatic heterocycles. The third kappa shape index (κ3) is 15.8. The lowest BCUT2D eigenvalue weighted by atomic mass is 10.0. The number of hydrogen-bond acceptors (Lipinski definition) is 21. The van der Waals surface area contributed by atoms with Crippen molar-refractivity contribution in [1.82, 2.24) is 50.3 Å². The van der Waals surface area contributed by atoms with Gasteiger partial charge in [-0.05, 0) is 60.4 Å². The molecule has 82 heavy (non-hydrogen) atoms. The van der Waals surface area contributed by atoms with Crippen LogP contribution < -0.4 is 36.9 Å². The highest BCUT2D eigenvalue weighted by atomic mass is 32.7. The molecule has 0 radical (unpaired) electrons. The van der Waals surface area contributed by atoms with E-state index in [1.807, 2.05) is 5.32 Å². The number of aliphatic hydroxyl groups excluding tert-OH is 1. The maximum absolute atomic E-state index is 13.9. The molecule has 5 unspecified atom stereocenters. The van der Waals surface area contributed by atoms with E-state index in [0.717, 1.165) is 6.33 Å². The molecule has 2 aromatic carbocycles. The molecule has 34 heteroatoms. The van der Waals surface area contributed by atoms with E-state index in [1.54, 1.807) is 62.4 Å². The molecular weight excluding hydrogens is 1160 g/mol. The predicted molar refractivity (Wildman–Crippen MR) is 294 cm³/mol. The van der Waals surface area contributed by atoms with Crippen LogP contribution >= 0.6 is 25.8 Å². The first-order valence-electron chi connectivity index (χ1n) is 25.2. The average molecular weight is 1220 g/mol. The molecular formula is C48H58N12O18P2S2. The van der Waals surface area contributed by atoms with Gasteiger partial charge in [-0.15, -0.1) is 0 Å². The van der Waals surface area contributed by atoms with Gasteiger partial charge in [0.1, 0.15) is 56.0 Å². The minimum absolute atomic E-state index is 0.0875. The number of aromatic amines is 1. The molecule has 8 rings (SSSR count). The van der Waals surface area contributed by atoms with Crippen molar-refractivity contribution in [2.24, 2.45) is 11.8 Å². The van der Waals surface area contributed by atoms with Crippen LogP contribution in [0.4, 0.5) is 21.2 Å². The van der Waals surface area contributed by atoms with Crippen LogP contribution in [0.1, 0.15) is 61.3 Å². The number of aromatic nitrogens is 6. The summed E-state index contributed by atoms with van der Waals surface area (Å²) in [6.45, 7) is -5.30. The number of benzene rings is 2. The summed E-state index contributed by atoms with van der Waals surface area (Å²) in [6, 6.07) is 12.1. The lowest BCUT2D eigenvalue weighted by Crippen LogP contribution is -2.55. The Morgan fingerprint density at radius 2 is 1.72 bits per heavy atom. The Bertz CT molecular complexity index is 3330. The Morgan fingerprint density at radius 3 is 2.44 bits per heavy atom. The summed E-state index contributed by atoms with van der Waals surface area (Å²) in [5.41, 5.74) is 0.160. The molecule has 2 saturated heterocycles. The van der Waals surface area contributed by atoms with Crippen molar-refractivity contribution in [2.75, 3.05) is 37.4 Å². The van der Waals surface area contributed by atoms with Crippen LogP contribution in [-0.2, 0) is 71.5 Å². The van der Waals surface area contributed by atoms with Crippen LogP contribution in [0.2, 0.25) is 0 Å². The normalized spacial score (nSPS) is 25.2. The number of carbonyl (C=O) groups excluding carboxylic acids is 5. The fourth-order valence-corrected chi connectivity index (χ4v) is 11.9. The number of nitrogens with one attached hydrogen (secondary N) is 6. The SMILES string of the molecule is CC(NC(=O)C(NC(=O)CNC(=O)O)C(C)C)C(=O)Nc1ccc(COC(=O)N(C)Cc2ccccc2C(=O)Nc2nc3c(ncn3[C@@H]3OC4COP(O)(=S)O[C@H]5C[C@H](Oc6ccncn6)C[C@@H]5COP(=O)(S)O[C@@H]3[C@@H]4O)c(=O)[nH]2)cc1. The standard InChI is InChI=1S/C48H58N12O18P2S2/c1-24(2)36(55-34(61)17-50-47(67)68)43(65)53-25(3)41(63)54-29-11-9-26(10-12-29)19-72-48(69)59(4)18-27-7-5-6-8-31(27)42(64)57-46-56-40-37(44(66)58-46)52-23-60(40)45-39-38(62)33(76-45)21-74-79(70,81)77-32-16-30(75-35-13-14-49-22-51-35)15-28(32)20-73-80(71,82)78-39/h5-14,22-25,28,30,32-33,36,38-39,45,50,62H,15-21H2,1-4H3,(H,53,65)(H,54,63)(H,55,61)(H,67,68)(H,70,81)(H,71,82)(H2,56,57,58,64,66)/t25?,28-,30-,32+,33?,36?,38-,39-,45-,79?,80?/m1/s1. The number of aliphatic hydroxyl groups is 1. The summed E-state index contributed by atoms with van der Waals surface area (Å²) in [4.78, 5) is 121. The number of ether oxygens (including phenoxy) is 3. The second-order valence-electron chi connectivity index (χ2n) is 19.4. The van der Waals surface area contributed by atoms with Crippen molar-refractivity contribution in [3.8, 4) is 5.88 Å². The molecule has 5 heterocycles. The minimum atomic E-state index is -4.37. The fraction of sp³-hybridized carbons (Fsp3) is 0.438. The zero-order chi connectivity index (χ0) is 59.0. The third-order valence-corrected chi connectivity index (χ3v) is 16.2. The van der Waals surface area contributed by atoms with Crippen LogP contribution in [0.5, 0.6) is 5.88 Å². The van der Waals surface area contributed by atoms with E-state index in [1.165, 1.54) is 42.0 Å². The number of carbonyl (C=O) groups is 6. The summed E-state index contributed by atoms with van der Waals surface area (Å²) >= 11 is 9.59. The van der Waals surface area contributed by atoms with Gasteiger partial charge in [0.2, 0.25) is 29.5 Å². The second-order valence-corrected chi connectivity index (χ2v) is 25.1. The van der Waals surface area contributed by atoms with Crippen LogP contribution in [0, 0.1) is 11.8 Å². The Kier molecular flexibility index (Phi) is 19.8. The van der Waals surface area contributed by atoms with Crippen molar-refractivity contribution in [3.63, 3.8) is 0 Å². The van der Waals surface area contributed by atoms with E-state index < -0.39 is 129 Å². The maximum Gasteiger partial charge on any atom is 0.410 e. The highest BCUT2D eigenvalue weighted by Gasteiger charge is 2.51. The molecule has 3 fully saturated rings. The van der Waals surface area contributed by atoms with Crippen LogP contribution in [0.25, 0.3) is 11.2 Å². The third-order valence-electron chi connectivity index (χ3n) is 13.0. The molecule has 2 aliphatic heterocycles. The van der Waals surface area contributed by atoms with Gasteiger partial charge in [0, 0.05) is 49.4 Å². The van der Waals surface area contributed by atoms with Crippen LogP contribution in [0.3, 0.4) is 0 Å².